The Morgan fingerprint density at radius 1 is 1.21 bits per heavy atom. The second-order valence-electron chi connectivity index (χ2n) is 5.11. The van der Waals surface area contributed by atoms with Crippen LogP contribution in [0.4, 0.5) is 18.9 Å². The lowest BCUT2D eigenvalue weighted by Crippen LogP contribution is -2.38. The standard InChI is InChI=1S/C13H18F3N3/c1-19(11-4-2-10(17)3-5-11)12-6-9(7-18-8-12)13(14,15)16/h6-8,10-11H,2-5,17H2,1H3. The molecule has 3 nitrogen and oxygen atoms in total. The van der Waals surface area contributed by atoms with E-state index in [4.69, 9.17) is 5.73 Å². The molecule has 0 saturated heterocycles. The van der Waals surface area contributed by atoms with Crippen LogP contribution < -0.4 is 10.6 Å². The lowest BCUT2D eigenvalue weighted by molar-refractivity contribution is -0.137. The highest BCUT2D eigenvalue weighted by molar-refractivity contribution is 5.47. The summed E-state index contributed by atoms with van der Waals surface area (Å²) in [5.74, 6) is 0. The number of nitrogens with zero attached hydrogens (tertiary/aromatic N) is 2. The minimum Gasteiger partial charge on any atom is -0.370 e. The van der Waals surface area contributed by atoms with Crippen molar-refractivity contribution < 1.29 is 13.2 Å². The van der Waals surface area contributed by atoms with Crippen LogP contribution >= 0.6 is 0 Å². The molecular formula is C13H18F3N3. The maximum atomic E-state index is 12.6. The van der Waals surface area contributed by atoms with Crippen molar-refractivity contribution in [2.24, 2.45) is 5.73 Å². The second kappa shape index (κ2) is 5.36. The van der Waals surface area contributed by atoms with Gasteiger partial charge in [0.25, 0.3) is 0 Å². The van der Waals surface area contributed by atoms with E-state index >= 15 is 0 Å². The molecule has 2 rings (SSSR count). The van der Waals surface area contributed by atoms with Gasteiger partial charge in [0.2, 0.25) is 0 Å². The molecule has 1 heterocycles. The summed E-state index contributed by atoms with van der Waals surface area (Å²) in [5, 5.41) is 0. The summed E-state index contributed by atoms with van der Waals surface area (Å²) in [6.07, 6.45) is 1.64. The molecule has 1 aliphatic carbocycles. The van der Waals surface area contributed by atoms with E-state index in [0.717, 1.165) is 37.9 Å². The van der Waals surface area contributed by atoms with Gasteiger partial charge in [-0.25, -0.2) is 0 Å². The predicted molar refractivity (Wildman–Crippen MR) is 67.9 cm³/mol. The first-order valence-electron chi connectivity index (χ1n) is 6.38. The van der Waals surface area contributed by atoms with Crippen LogP contribution in [0.1, 0.15) is 31.2 Å². The fraction of sp³-hybridized carbons (Fsp3) is 0.615. The van der Waals surface area contributed by atoms with E-state index < -0.39 is 11.7 Å². The zero-order valence-corrected chi connectivity index (χ0v) is 10.8. The fourth-order valence-corrected chi connectivity index (χ4v) is 2.48. The highest BCUT2D eigenvalue weighted by Gasteiger charge is 2.32. The van der Waals surface area contributed by atoms with Gasteiger partial charge in [0.05, 0.1) is 17.4 Å². The summed E-state index contributed by atoms with van der Waals surface area (Å²) in [6.45, 7) is 0. The Morgan fingerprint density at radius 3 is 2.42 bits per heavy atom. The minimum absolute atomic E-state index is 0.226. The topological polar surface area (TPSA) is 42.2 Å². The van der Waals surface area contributed by atoms with Crippen molar-refractivity contribution in [1.29, 1.82) is 0 Å². The second-order valence-corrected chi connectivity index (χ2v) is 5.11. The van der Waals surface area contributed by atoms with Crippen LogP contribution in [0.3, 0.4) is 0 Å². The molecule has 1 aromatic heterocycles. The molecule has 19 heavy (non-hydrogen) atoms. The zero-order valence-electron chi connectivity index (χ0n) is 10.8. The molecule has 0 spiro atoms. The summed E-state index contributed by atoms with van der Waals surface area (Å²) in [4.78, 5) is 5.58. The maximum absolute atomic E-state index is 12.6. The predicted octanol–water partition coefficient (Wildman–Crippen LogP) is 2.81. The molecular weight excluding hydrogens is 255 g/mol. The van der Waals surface area contributed by atoms with E-state index in [1.807, 2.05) is 11.9 Å². The highest BCUT2D eigenvalue weighted by Crippen LogP contribution is 2.32. The molecule has 0 amide bonds. The molecule has 1 aromatic rings. The molecule has 2 N–H and O–H groups in total. The van der Waals surface area contributed by atoms with Crippen molar-refractivity contribution in [3.63, 3.8) is 0 Å². The molecule has 0 bridgehead atoms. The van der Waals surface area contributed by atoms with Crippen LogP contribution in [-0.2, 0) is 6.18 Å². The molecule has 0 aliphatic heterocycles. The SMILES string of the molecule is CN(c1cncc(C(F)(F)F)c1)C1CCC(N)CC1. The fourth-order valence-electron chi connectivity index (χ4n) is 2.48. The smallest absolute Gasteiger partial charge is 0.370 e. The van der Waals surface area contributed by atoms with Crippen molar-refractivity contribution in [3.8, 4) is 0 Å². The largest absolute Gasteiger partial charge is 0.417 e. The molecule has 0 unspecified atom stereocenters. The number of hydrogen-bond acceptors (Lipinski definition) is 3. The Balaban J connectivity index is 2.13. The van der Waals surface area contributed by atoms with Gasteiger partial charge in [0.1, 0.15) is 0 Å². The van der Waals surface area contributed by atoms with Gasteiger partial charge in [-0.2, -0.15) is 13.2 Å². The number of alkyl halides is 3. The van der Waals surface area contributed by atoms with Gasteiger partial charge in [-0.15, -0.1) is 0 Å². The first kappa shape index (κ1) is 14.1. The van der Waals surface area contributed by atoms with Crippen LogP contribution in [-0.4, -0.2) is 24.1 Å². The Hall–Kier alpha value is -1.30. The van der Waals surface area contributed by atoms with Crippen LogP contribution in [0.15, 0.2) is 18.5 Å². The van der Waals surface area contributed by atoms with E-state index in [1.54, 1.807) is 0 Å². The van der Waals surface area contributed by atoms with Crippen molar-refractivity contribution in [3.05, 3.63) is 24.0 Å². The summed E-state index contributed by atoms with van der Waals surface area (Å²) in [6, 6.07) is 1.62. The van der Waals surface area contributed by atoms with Crippen LogP contribution in [0.5, 0.6) is 0 Å². The third-order valence-electron chi connectivity index (χ3n) is 3.75. The van der Waals surface area contributed by atoms with Crippen molar-refractivity contribution in [1.82, 2.24) is 4.98 Å². The number of halogens is 3. The molecule has 1 aliphatic rings. The summed E-state index contributed by atoms with van der Waals surface area (Å²) < 4.78 is 37.9. The normalized spacial score (nSPS) is 24.3. The quantitative estimate of drug-likeness (QED) is 0.901. The number of pyridine rings is 1. The van der Waals surface area contributed by atoms with E-state index in [2.05, 4.69) is 4.98 Å². The highest BCUT2D eigenvalue weighted by atomic mass is 19.4. The molecule has 6 heteroatoms. The molecule has 106 valence electrons. The van der Waals surface area contributed by atoms with Crippen LogP contribution in [0.2, 0.25) is 0 Å². The van der Waals surface area contributed by atoms with Gasteiger partial charge < -0.3 is 10.6 Å². The molecule has 1 saturated carbocycles. The third kappa shape index (κ3) is 3.37. The Bertz CT molecular complexity index is 425. The summed E-state index contributed by atoms with van der Waals surface area (Å²) in [7, 11) is 1.82. The number of aromatic nitrogens is 1. The number of anilines is 1. The average Bonchev–Trinajstić information content (AvgIpc) is 2.38. The average molecular weight is 273 g/mol. The summed E-state index contributed by atoms with van der Waals surface area (Å²) >= 11 is 0. The van der Waals surface area contributed by atoms with Crippen molar-refractivity contribution >= 4 is 5.69 Å². The Kier molecular flexibility index (Phi) is 3.99. The van der Waals surface area contributed by atoms with Gasteiger partial charge in [-0.05, 0) is 31.7 Å². The van der Waals surface area contributed by atoms with Gasteiger partial charge >= 0.3 is 6.18 Å². The number of nitrogens with two attached hydrogens (primary N) is 1. The van der Waals surface area contributed by atoms with Crippen LogP contribution in [0.25, 0.3) is 0 Å². The lowest BCUT2D eigenvalue weighted by atomic mass is 9.91. The number of rotatable bonds is 2. The van der Waals surface area contributed by atoms with E-state index in [0.29, 0.717) is 5.69 Å². The lowest BCUT2D eigenvalue weighted by Gasteiger charge is -2.35. The van der Waals surface area contributed by atoms with Crippen molar-refractivity contribution in [2.45, 2.75) is 43.9 Å². The van der Waals surface area contributed by atoms with Gasteiger partial charge in [-0.3, -0.25) is 4.98 Å². The molecule has 1 fully saturated rings. The Morgan fingerprint density at radius 2 is 1.84 bits per heavy atom. The number of hydrogen-bond donors (Lipinski definition) is 1. The monoisotopic (exact) mass is 273 g/mol. The molecule has 0 aromatic carbocycles. The zero-order chi connectivity index (χ0) is 14.0. The van der Waals surface area contributed by atoms with E-state index in [-0.39, 0.29) is 12.1 Å². The maximum Gasteiger partial charge on any atom is 0.417 e. The van der Waals surface area contributed by atoms with Crippen molar-refractivity contribution in [2.75, 3.05) is 11.9 Å². The first-order valence-corrected chi connectivity index (χ1v) is 6.38. The summed E-state index contributed by atoms with van der Waals surface area (Å²) in [5.41, 5.74) is 5.64. The van der Waals surface area contributed by atoms with Crippen LogP contribution in [0, 0.1) is 0 Å². The first-order chi connectivity index (χ1) is 8.88. The molecule has 0 radical (unpaired) electrons. The van der Waals surface area contributed by atoms with Gasteiger partial charge in [0.15, 0.2) is 0 Å². The van der Waals surface area contributed by atoms with E-state index in [9.17, 15) is 13.2 Å². The third-order valence-corrected chi connectivity index (χ3v) is 3.75. The minimum atomic E-state index is -4.35. The Labute approximate surface area is 110 Å². The van der Waals surface area contributed by atoms with Gasteiger partial charge in [-0.1, -0.05) is 0 Å². The van der Waals surface area contributed by atoms with E-state index in [1.165, 1.54) is 6.20 Å². The molecule has 0 atom stereocenters. The van der Waals surface area contributed by atoms with Gasteiger partial charge in [0, 0.05) is 25.3 Å².